The molecule has 0 aliphatic carbocycles. The first-order valence-electron chi connectivity index (χ1n) is 12.5. The summed E-state index contributed by atoms with van der Waals surface area (Å²) in [5, 5.41) is 19.4. The minimum atomic E-state index is -0.636. The molecule has 0 saturated carbocycles. The van der Waals surface area contributed by atoms with Gasteiger partial charge in [0.1, 0.15) is 11.3 Å². The van der Waals surface area contributed by atoms with Gasteiger partial charge in [0, 0.05) is 24.4 Å². The number of H-pyrrole nitrogens is 1. The average Bonchev–Trinajstić information content (AvgIpc) is 3.52. The third-order valence-electron chi connectivity index (χ3n) is 6.09. The van der Waals surface area contributed by atoms with Crippen LogP contribution in [0.2, 0.25) is 0 Å². The second-order valence-electron chi connectivity index (χ2n) is 10.1. The Morgan fingerprint density at radius 3 is 2.62 bits per heavy atom. The van der Waals surface area contributed by atoms with E-state index >= 15 is 0 Å². The number of benzene rings is 2. The fourth-order valence-corrected chi connectivity index (χ4v) is 4.34. The molecule has 2 heterocycles. The number of carbonyl (C=O) groups excluding carboxylic acids is 2. The molecule has 1 aliphatic rings. The van der Waals surface area contributed by atoms with Gasteiger partial charge in [0.25, 0.3) is 5.91 Å². The fourth-order valence-electron chi connectivity index (χ4n) is 4.34. The number of hydrogen-bond acceptors (Lipinski definition) is 7. The lowest BCUT2D eigenvalue weighted by atomic mass is 9.95. The number of aryl methyl sites for hydroxylation is 1. The number of nitrogens with one attached hydrogen (secondary N) is 3. The van der Waals surface area contributed by atoms with Crippen molar-refractivity contribution in [2.45, 2.75) is 58.3 Å². The molecule has 0 radical (unpaired) electrons. The quantitative estimate of drug-likeness (QED) is 0.295. The number of aromatic amines is 1. The Bertz CT molecular complexity index is 1300. The molecule has 1 fully saturated rings. The SMILES string of the molecule is CNC(=O)c1ccc2c(C(=N)Cc3cc(CCCC4OCCO4)ccc3C(=O)OC(C)(C)C)n[nH]c2c1. The predicted molar refractivity (Wildman–Crippen MR) is 140 cm³/mol. The molecule has 196 valence electrons. The molecular formula is C28H34N4O5. The van der Waals surface area contributed by atoms with Crippen LogP contribution in [-0.2, 0) is 27.1 Å². The summed E-state index contributed by atoms with van der Waals surface area (Å²) >= 11 is 0. The smallest absolute Gasteiger partial charge is 0.338 e. The fraction of sp³-hybridized carbons (Fsp3) is 0.429. The van der Waals surface area contributed by atoms with Crippen LogP contribution in [0, 0.1) is 5.41 Å². The highest BCUT2D eigenvalue weighted by Crippen LogP contribution is 2.23. The molecule has 4 rings (SSSR count). The molecule has 3 aromatic rings. The molecule has 2 aromatic carbocycles. The van der Waals surface area contributed by atoms with Crippen molar-refractivity contribution in [2.24, 2.45) is 0 Å². The van der Waals surface area contributed by atoms with Crippen LogP contribution in [-0.4, -0.2) is 59.9 Å². The second-order valence-corrected chi connectivity index (χ2v) is 10.1. The zero-order valence-electron chi connectivity index (χ0n) is 21.8. The standard InChI is InChI=1S/C28H34N4O5/c1-28(2,3)37-27(34)20-10-8-17(6-5-7-24-35-12-13-36-24)14-19(20)15-22(29)25-21-11-9-18(26(33)30-4)16-23(21)31-32-25/h8-11,14,16,24,29H,5-7,12-13,15H2,1-4H3,(H,30,33)(H,31,32). The molecule has 1 aromatic heterocycles. The van der Waals surface area contributed by atoms with Crippen LogP contribution in [0.15, 0.2) is 36.4 Å². The summed E-state index contributed by atoms with van der Waals surface area (Å²) in [6.07, 6.45) is 2.53. The molecule has 0 spiro atoms. The molecule has 1 amide bonds. The van der Waals surface area contributed by atoms with Crippen LogP contribution in [0.4, 0.5) is 0 Å². The molecule has 9 nitrogen and oxygen atoms in total. The van der Waals surface area contributed by atoms with Crippen molar-refractivity contribution in [2.75, 3.05) is 20.3 Å². The molecule has 9 heteroatoms. The molecule has 1 aliphatic heterocycles. The Labute approximate surface area is 216 Å². The summed E-state index contributed by atoms with van der Waals surface area (Å²) in [7, 11) is 1.58. The molecule has 0 atom stereocenters. The monoisotopic (exact) mass is 506 g/mol. The van der Waals surface area contributed by atoms with Gasteiger partial charge < -0.3 is 24.9 Å². The number of carbonyl (C=O) groups is 2. The van der Waals surface area contributed by atoms with Gasteiger partial charge >= 0.3 is 5.97 Å². The van der Waals surface area contributed by atoms with E-state index in [2.05, 4.69) is 15.5 Å². The molecule has 1 saturated heterocycles. The van der Waals surface area contributed by atoms with E-state index in [1.54, 1.807) is 31.3 Å². The van der Waals surface area contributed by atoms with Gasteiger partial charge in [0.2, 0.25) is 0 Å². The molecule has 0 bridgehead atoms. The largest absolute Gasteiger partial charge is 0.456 e. The van der Waals surface area contributed by atoms with E-state index in [4.69, 9.17) is 19.6 Å². The highest BCUT2D eigenvalue weighted by Gasteiger charge is 2.23. The van der Waals surface area contributed by atoms with E-state index in [-0.39, 0.29) is 24.3 Å². The maximum Gasteiger partial charge on any atom is 0.338 e. The predicted octanol–water partition coefficient (Wildman–Crippen LogP) is 4.18. The average molecular weight is 507 g/mol. The number of ether oxygens (including phenoxy) is 3. The second kappa shape index (κ2) is 11.2. The number of aromatic nitrogens is 2. The van der Waals surface area contributed by atoms with E-state index in [1.165, 1.54) is 0 Å². The summed E-state index contributed by atoms with van der Waals surface area (Å²) in [6, 6.07) is 10.9. The van der Waals surface area contributed by atoms with Crippen LogP contribution in [0.25, 0.3) is 10.9 Å². The number of fused-ring (bicyclic) bond motifs is 1. The van der Waals surface area contributed by atoms with Crippen molar-refractivity contribution in [1.29, 1.82) is 5.41 Å². The van der Waals surface area contributed by atoms with Gasteiger partial charge in [-0.25, -0.2) is 4.79 Å². The number of hydrogen-bond donors (Lipinski definition) is 3. The normalized spacial score (nSPS) is 14.2. The van der Waals surface area contributed by atoms with Gasteiger partial charge in [-0.2, -0.15) is 5.10 Å². The Morgan fingerprint density at radius 2 is 1.92 bits per heavy atom. The number of rotatable bonds is 9. The first-order chi connectivity index (χ1) is 17.6. The molecule has 3 N–H and O–H groups in total. The van der Waals surface area contributed by atoms with Crippen LogP contribution >= 0.6 is 0 Å². The molecule has 37 heavy (non-hydrogen) atoms. The van der Waals surface area contributed by atoms with E-state index in [0.29, 0.717) is 41.1 Å². The van der Waals surface area contributed by atoms with E-state index < -0.39 is 11.6 Å². The zero-order valence-corrected chi connectivity index (χ0v) is 21.8. The lowest BCUT2D eigenvalue weighted by Crippen LogP contribution is -2.25. The third-order valence-corrected chi connectivity index (χ3v) is 6.09. The van der Waals surface area contributed by atoms with Gasteiger partial charge in [-0.15, -0.1) is 0 Å². The van der Waals surface area contributed by atoms with Gasteiger partial charge in [-0.1, -0.05) is 12.1 Å². The summed E-state index contributed by atoms with van der Waals surface area (Å²) in [4.78, 5) is 25.0. The van der Waals surface area contributed by atoms with Crippen molar-refractivity contribution in [3.8, 4) is 0 Å². The van der Waals surface area contributed by atoms with Crippen LogP contribution in [0.5, 0.6) is 0 Å². The first-order valence-corrected chi connectivity index (χ1v) is 12.5. The van der Waals surface area contributed by atoms with Crippen molar-refractivity contribution < 1.29 is 23.8 Å². The van der Waals surface area contributed by atoms with Crippen molar-refractivity contribution in [3.05, 3.63) is 64.3 Å². The number of esters is 1. The summed E-state index contributed by atoms with van der Waals surface area (Å²) in [5.41, 5.74) is 3.49. The van der Waals surface area contributed by atoms with E-state index in [1.807, 2.05) is 32.9 Å². The van der Waals surface area contributed by atoms with Crippen molar-refractivity contribution in [1.82, 2.24) is 15.5 Å². The number of nitrogens with zero attached hydrogens (tertiary/aromatic N) is 1. The topological polar surface area (TPSA) is 126 Å². The van der Waals surface area contributed by atoms with Crippen LogP contribution < -0.4 is 5.32 Å². The summed E-state index contributed by atoms with van der Waals surface area (Å²) < 4.78 is 16.7. The highest BCUT2D eigenvalue weighted by molar-refractivity contribution is 6.10. The molecular weight excluding hydrogens is 472 g/mol. The maximum atomic E-state index is 13.0. The van der Waals surface area contributed by atoms with Crippen molar-refractivity contribution >= 4 is 28.5 Å². The number of amides is 1. The zero-order chi connectivity index (χ0) is 26.6. The first kappa shape index (κ1) is 26.5. The Balaban J connectivity index is 1.57. The highest BCUT2D eigenvalue weighted by atomic mass is 16.7. The summed E-state index contributed by atoms with van der Waals surface area (Å²) in [6.45, 7) is 6.76. The van der Waals surface area contributed by atoms with Gasteiger partial charge in [0.15, 0.2) is 6.29 Å². The minimum Gasteiger partial charge on any atom is -0.456 e. The Morgan fingerprint density at radius 1 is 1.16 bits per heavy atom. The molecule has 0 unspecified atom stereocenters. The van der Waals surface area contributed by atoms with Crippen LogP contribution in [0.3, 0.4) is 0 Å². The Kier molecular flexibility index (Phi) is 8.04. The van der Waals surface area contributed by atoms with E-state index in [9.17, 15) is 9.59 Å². The third kappa shape index (κ3) is 6.61. The van der Waals surface area contributed by atoms with Gasteiger partial charge in [-0.3, -0.25) is 9.89 Å². The minimum absolute atomic E-state index is 0.148. The lowest BCUT2D eigenvalue weighted by Gasteiger charge is -2.21. The Hall–Kier alpha value is -3.56. The van der Waals surface area contributed by atoms with E-state index in [0.717, 1.165) is 30.2 Å². The van der Waals surface area contributed by atoms with Crippen LogP contribution in [0.1, 0.15) is 71.1 Å². The maximum absolute atomic E-state index is 13.0. The lowest BCUT2D eigenvalue weighted by molar-refractivity contribution is -0.0475. The summed E-state index contributed by atoms with van der Waals surface area (Å²) in [5.74, 6) is -0.616. The van der Waals surface area contributed by atoms with Gasteiger partial charge in [0.05, 0.1) is 30.0 Å². The van der Waals surface area contributed by atoms with Gasteiger partial charge in [-0.05, 0) is 75.4 Å². The van der Waals surface area contributed by atoms with Crippen molar-refractivity contribution in [3.63, 3.8) is 0 Å².